The van der Waals surface area contributed by atoms with E-state index in [0.29, 0.717) is 11.5 Å². The molecule has 0 radical (unpaired) electrons. The third-order valence-corrected chi connectivity index (χ3v) is 3.28. The molecule has 19 heavy (non-hydrogen) atoms. The Morgan fingerprint density at radius 2 is 1.79 bits per heavy atom. The highest BCUT2D eigenvalue weighted by Crippen LogP contribution is 2.48. The fourth-order valence-electron chi connectivity index (χ4n) is 1.94. The van der Waals surface area contributed by atoms with Crippen molar-refractivity contribution in [3.05, 3.63) is 46.0 Å². The summed E-state index contributed by atoms with van der Waals surface area (Å²) in [5.41, 5.74) is 0. The van der Waals surface area contributed by atoms with Crippen LogP contribution in [0.25, 0.3) is 0 Å². The SMILES string of the molecule is CC1(C)Oc2cc(I)cc(Oc3ccccc3)c2O1. The van der Waals surface area contributed by atoms with Gasteiger partial charge in [-0.25, -0.2) is 0 Å². The first-order chi connectivity index (χ1) is 9.03. The normalized spacial score (nSPS) is 15.3. The highest BCUT2D eigenvalue weighted by molar-refractivity contribution is 14.1. The van der Waals surface area contributed by atoms with Gasteiger partial charge in [0.15, 0.2) is 11.5 Å². The molecule has 0 amide bonds. The Bertz CT molecular complexity index is 608. The number of para-hydroxylation sites is 1. The van der Waals surface area contributed by atoms with Gasteiger partial charge < -0.3 is 14.2 Å². The van der Waals surface area contributed by atoms with Gasteiger partial charge in [-0.3, -0.25) is 0 Å². The molecule has 1 aliphatic rings. The number of halogens is 1. The number of benzene rings is 2. The quantitative estimate of drug-likeness (QED) is 0.726. The van der Waals surface area contributed by atoms with Crippen molar-refractivity contribution in [1.82, 2.24) is 0 Å². The lowest BCUT2D eigenvalue weighted by atomic mass is 10.3. The van der Waals surface area contributed by atoms with Crippen LogP contribution in [-0.2, 0) is 0 Å². The Balaban J connectivity index is 1.99. The van der Waals surface area contributed by atoms with E-state index >= 15 is 0 Å². The van der Waals surface area contributed by atoms with Gasteiger partial charge in [0, 0.05) is 17.4 Å². The predicted molar refractivity (Wildman–Crippen MR) is 81.0 cm³/mol. The number of hydrogen-bond donors (Lipinski definition) is 0. The second kappa shape index (κ2) is 4.59. The summed E-state index contributed by atoms with van der Waals surface area (Å²) >= 11 is 2.24. The summed E-state index contributed by atoms with van der Waals surface area (Å²) in [6.07, 6.45) is 0. The van der Waals surface area contributed by atoms with Crippen LogP contribution >= 0.6 is 22.6 Å². The average Bonchev–Trinajstić information content (AvgIpc) is 2.65. The minimum atomic E-state index is -0.651. The number of ether oxygens (including phenoxy) is 3. The Kier molecular flexibility index (Phi) is 3.05. The van der Waals surface area contributed by atoms with Crippen molar-refractivity contribution in [2.75, 3.05) is 0 Å². The molecule has 4 heteroatoms. The van der Waals surface area contributed by atoms with Crippen molar-refractivity contribution in [3.63, 3.8) is 0 Å². The summed E-state index contributed by atoms with van der Waals surface area (Å²) in [4.78, 5) is 0. The summed E-state index contributed by atoms with van der Waals surface area (Å²) in [7, 11) is 0. The van der Waals surface area contributed by atoms with Crippen LogP contribution in [0.15, 0.2) is 42.5 Å². The van der Waals surface area contributed by atoms with E-state index in [0.717, 1.165) is 15.1 Å². The van der Waals surface area contributed by atoms with Crippen molar-refractivity contribution >= 4 is 22.6 Å². The Morgan fingerprint density at radius 1 is 1.05 bits per heavy atom. The molecule has 2 aromatic rings. The summed E-state index contributed by atoms with van der Waals surface area (Å²) in [6, 6.07) is 13.5. The molecule has 0 bridgehead atoms. The average molecular weight is 368 g/mol. The topological polar surface area (TPSA) is 27.7 Å². The van der Waals surface area contributed by atoms with Crippen LogP contribution < -0.4 is 14.2 Å². The van der Waals surface area contributed by atoms with Gasteiger partial charge in [0.2, 0.25) is 11.5 Å². The van der Waals surface area contributed by atoms with Gasteiger partial charge in [0.25, 0.3) is 0 Å². The first-order valence-corrected chi connectivity index (χ1v) is 7.06. The van der Waals surface area contributed by atoms with E-state index in [1.165, 1.54) is 0 Å². The first kappa shape index (κ1) is 12.6. The molecule has 0 fully saturated rings. The van der Waals surface area contributed by atoms with Gasteiger partial charge >= 0.3 is 0 Å². The highest BCUT2D eigenvalue weighted by Gasteiger charge is 2.34. The number of fused-ring (bicyclic) bond motifs is 1. The van der Waals surface area contributed by atoms with Crippen molar-refractivity contribution in [2.24, 2.45) is 0 Å². The summed E-state index contributed by atoms with van der Waals surface area (Å²) in [6.45, 7) is 3.76. The molecule has 3 rings (SSSR count). The lowest BCUT2D eigenvalue weighted by Crippen LogP contribution is -2.29. The third kappa shape index (κ3) is 2.63. The molecule has 0 spiro atoms. The van der Waals surface area contributed by atoms with Gasteiger partial charge in [0.1, 0.15) is 5.75 Å². The van der Waals surface area contributed by atoms with Gasteiger partial charge in [0.05, 0.1) is 0 Å². The van der Waals surface area contributed by atoms with Gasteiger partial charge in [-0.1, -0.05) is 18.2 Å². The molecular weight excluding hydrogens is 355 g/mol. The fourth-order valence-corrected chi connectivity index (χ4v) is 2.51. The van der Waals surface area contributed by atoms with Crippen LogP contribution in [0.1, 0.15) is 13.8 Å². The summed E-state index contributed by atoms with van der Waals surface area (Å²) < 4.78 is 18.5. The van der Waals surface area contributed by atoms with Gasteiger partial charge in [-0.15, -0.1) is 0 Å². The van der Waals surface area contributed by atoms with Crippen LogP contribution in [0, 0.1) is 3.57 Å². The van der Waals surface area contributed by atoms with Crippen LogP contribution in [0.3, 0.4) is 0 Å². The molecule has 1 heterocycles. The van der Waals surface area contributed by atoms with E-state index in [-0.39, 0.29) is 0 Å². The molecule has 0 aromatic heterocycles. The fraction of sp³-hybridized carbons (Fsp3) is 0.200. The maximum atomic E-state index is 5.89. The zero-order valence-corrected chi connectivity index (χ0v) is 12.8. The van der Waals surface area contributed by atoms with E-state index in [9.17, 15) is 0 Å². The highest BCUT2D eigenvalue weighted by atomic mass is 127. The maximum Gasteiger partial charge on any atom is 0.246 e. The van der Waals surface area contributed by atoms with Crippen molar-refractivity contribution < 1.29 is 14.2 Å². The molecule has 3 nitrogen and oxygen atoms in total. The Labute approximate surface area is 125 Å². The minimum Gasteiger partial charge on any atom is -0.453 e. The Morgan fingerprint density at radius 3 is 2.53 bits per heavy atom. The zero-order valence-electron chi connectivity index (χ0n) is 10.6. The molecule has 0 N–H and O–H groups in total. The molecule has 1 aliphatic heterocycles. The van der Waals surface area contributed by atoms with E-state index in [4.69, 9.17) is 14.2 Å². The smallest absolute Gasteiger partial charge is 0.246 e. The van der Waals surface area contributed by atoms with E-state index < -0.39 is 5.79 Å². The lowest BCUT2D eigenvalue weighted by Gasteiger charge is -2.16. The molecule has 98 valence electrons. The van der Waals surface area contributed by atoms with Gasteiger partial charge in [-0.2, -0.15) is 0 Å². The van der Waals surface area contributed by atoms with E-state index in [1.807, 2.05) is 56.3 Å². The zero-order chi connectivity index (χ0) is 13.5. The molecule has 2 aromatic carbocycles. The monoisotopic (exact) mass is 368 g/mol. The van der Waals surface area contributed by atoms with Crippen LogP contribution in [0.4, 0.5) is 0 Å². The molecule has 0 saturated carbocycles. The second-order valence-corrected chi connectivity index (χ2v) is 6.00. The van der Waals surface area contributed by atoms with E-state index in [2.05, 4.69) is 22.6 Å². The largest absolute Gasteiger partial charge is 0.453 e. The minimum absolute atomic E-state index is 0.651. The van der Waals surface area contributed by atoms with Crippen molar-refractivity contribution in [1.29, 1.82) is 0 Å². The third-order valence-electron chi connectivity index (χ3n) is 2.66. The van der Waals surface area contributed by atoms with Crippen LogP contribution in [0.2, 0.25) is 0 Å². The predicted octanol–water partition coefficient (Wildman–Crippen LogP) is 4.59. The second-order valence-electron chi connectivity index (χ2n) is 4.75. The molecular formula is C15H13IO3. The first-order valence-electron chi connectivity index (χ1n) is 5.98. The number of hydrogen-bond acceptors (Lipinski definition) is 3. The molecule has 0 aliphatic carbocycles. The van der Waals surface area contributed by atoms with Crippen molar-refractivity contribution in [3.8, 4) is 23.0 Å². The van der Waals surface area contributed by atoms with E-state index in [1.54, 1.807) is 0 Å². The summed E-state index contributed by atoms with van der Waals surface area (Å²) in [5, 5.41) is 0. The molecule has 0 saturated heterocycles. The van der Waals surface area contributed by atoms with Crippen molar-refractivity contribution in [2.45, 2.75) is 19.6 Å². The maximum absolute atomic E-state index is 5.89. The van der Waals surface area contributed by atoms with Crippen LogP contribution in [-0.4, -0.2) is 5.79 Å². The van der Waals surface area contributed by atoms with Crippen LogP contribution in [0.5, 0.6) is 23.0 Å². The standard InChI is InChI=1S/C15H13IO3/c1-15(2)18-13-9-10(16)8-12(14(13)19-15)17-11-6-4-3-5-7-11/h3-9H,1-2H3. The molecule has 0 unspecified atom stereocenters. The summed E-state index contributed by atoms with van der Waals surface area (Å²) in [5.74, 6) is 2.19. The van der Waals surface area contributed by atoms with Gasteiger partial charge in [-0.05, 0) is 46.9 Å². The Hall–Kier alpha value is -1.43. The number of rotatable bonds is 2. The molecule has 0 atom stereocenters. The lowest BCUT2D eigenvalue weighted by molar-refractivity contribution is -0.0438.